The molecule has 0 amide bonds. The van der Waals surface area contributed by atoms with E-state index >= 15 is 0 Å². The van der Waals surface area contributed by atoms with Crippen molar-refractivity contribution < 1.29 is 40.2 Å². The topological polar surface area (TPSA) is 145 Å². The fourth-order valence-corrected chi connectivity index (χ4v) is 2.96. The standard InChI is InChI=1S/C18H38O2.2CH2O3/c1-4-7-10-13-16-18(20-19,15-12-9-6-3)17-14-11-8-5-2;2*2-1(3)4/h19H,4-17H2,1-3H3;2*(H2,2,3,4). The molecule has 0 rings (SSSR count). The van der Waals surface area contributed by atoms with Crippen molar-refractivity contribution in [3.05, 3.63) is 0 Å². The molecule has 0 aliphatic carbocycles. The van der Waals surface area contributed by atoms with Crippen LogP contribution in [0.1, 0.15) is 111 Å². The predicted octanol–water partition coefficient (Wildman–Crippen LogP) is 7.18. The van der Waals surface area contributed by atoms with Gasteiger partial charge in [0.15, 0.2) is 0 Å². The molecule has 0 aliphatic heterocycles. The Morgan fingerprint density at radius 2 is 0.857 bits per heavy atom. The lowest BCUT2D eigenvalue weighted by Gasteiger charge is -2.31. The minimum Gasteiger partial charge on any atom is -0.450 e. The van der Waals surface area contributed by atoms with Crippen LogP contribution in [0, 0.1) is 0 Å². The van der Waals surface area contributed by atoms with E-state index in [1.165, 1.54) is 70.6 Å². The Hall–Kier alpha value is -1.54. The third-order valence-corrected chi connectivity index (χ3v) is 4.40. The number of hydrogen-bond donors (Lipinski definition) is 5. The molecule has 8 heteroatoms. The average molecular weight is 411 g/mol. The van der Waals surface area contributed by atoms with Gasteiger partial charge in [-0.3, -0.25) is 5.26 Å². The Labute approximate surface area is 169 Å². The highest BCUT2D eigenvalue weighted by Gasteiger charge is 2.30. The third-order valence-electron chi connectivity index (χ3n) is 4.40. The van der Waals surface area contributed by atoms with Crippen LogP contribution >= 0.6 is 0 Å². The molecule has 0 aromatic rings. The maximum Gasteiger partial charge on any atom is 0.503 e. The molecule has 5 N–H and O–H groups in total. The van der Waals surface area contributed by atoms with E-state index in [0.717, 1.165) is 19.3 Å². The van der Waals surface area contributed by atoms with Crippen LogP contribution in [0.25, 0.3) is 0 Å². The van der Waals surface area contributed by atoms with Crippen molar-refractivity contribution >= 4 is 12.3 Å². The largest absolute Gasteiger partial charge is 0.503 e. The molecule has 0 atom stereocenters. The first-order chi connectivity index (χ1) is 13.2. The molecule has 0 bridgehead atoms. The monoisotopic (exact) mass is 410 g/mol. The zero-order valence-electron chi connectivity index (χ0n) is 17.9. The van der Waals surface area contributed by atoms with Crippen molar-refractivity contribution in [3.63, 3.8) is 0 Å². The highest BCUT2D eigenvalue weighted by molar-refractivity contribution is 5.53. The summed E-state index contributed by atoms with van der Waals surface area (Å²) in [6, 6.07) is 0. The van der Waals surface area contributed by atoms with Crippen LogP contribution in [0.15, 0.2) is 0 Å². The first-order valence-electron chi connectivity index (χ1n) is 10.4. The smallest absolute Gasteiger partial charge is 0.450 e. The van der Waals surface area contributed by atoms with Crippen LogP contribution < -0.4 is 0 Å². The molecule has 0 fully saturated rings. The van der Waals surface area contributed by atoms with Crippen LogP contribution in [0.3, 0.4) is 0 Å². The van der Waals surface area contributed by atoms with Crippen LogP contribution in [-0.4, -0.2) is 43.6 Å². The van der Waals surface area contributed by atoms with Gasteiger partial charge in [0.2, 0.25) is 0 Å². The first-order valence-corrected chi connectivity index (χ1v) is 10.4. The quantitative estimate of drug-likeness (QED) is 0.108. The van der Waals surface area contributed by atoms with E-state index in [4.69, 9.17) is 34.9 Å². The van der Waals surface area contributed by atoms with E-state index in [1.807, 2.05) is 0 Å². The van der Waals surface area contributed by atoms with Crippen molar-refractivity contribution in [1.82, 2.24) is 0 Å². The highest BCUT2D eigenvalue weighted by Crippen LogP contribution is 2.31. The minimum atomic E-state index is -1.83. The molecule has 0 aromatic carbocycles. The molecular weight excluding hydrogens is 368 g/mol. The molecule has 28 heavy (non-hydrogen) atoms. The normalized spacial score (nSPS) is 10.3. The second-order valence-corrected chi connectivity index (χ2v) is 6.92. The van der Waals surface area contributed by atoms with E-state index in [2.05, 4.69) is 20.8 Å². The van der Waals surface area contributed by atoms with E-state index < -0.39 is 12.3 Å². The summed E-state index contributed by atoms with van der Waals surface area (Å²) in [6.45, 7) is 6.70. The molecule has 8 nitrogen and oxygen atoms in total. The Kier molecular flexibility index (Phi) is 26.2. The molecule has 0 heterocycles. The molecule has 0 spiro atoms. The maximum absolute atomic E-state index is 9.49. The average Bonchev–Trinajstić information content (AvgIpc) is 2.61. The molecule has 0 aliphatic rings. The number of unbranched alkanes of at least 4 members (excludes halogenated alkanes) is 8. The van der Waals surface area contributed by atoms with Gasteiger partial charge in [0.1, 0.15) is 5.60 Å². The summed E-state index contributed by atoms with van der Waals surface area (Å²) >= 11 is 0. The van der Waals surface area contributed by atoms with Gasteiger partial charge in [0.25, 0.3) is 0 Å². The highest BCUT2D eigenvalue weighted by atomic mass is 17.1. The van der Waals surface area contributed by atoms with Gasteiger partial charge >= 0.3 is 12.3 Å². The summed E-state index contributed by atoms with van der Waals surface area (Å²) in [5.74, 6) is 0. The fourth-order valence-electron chi connectivity index (χ4n) is 2.96. The summed E-state index contributed by atoms with van der Waals surface area (Å²) in [5.41, 5.74) is -0.253. The van der Waals surface area contributed by atoms with Crippen molar-refractivity contribution in [1.29, 1.82) is 0 Å². The van der Waals surface area contributed by atoms with Crippen LogP contribution in [-0.2, 0) is 4.89 Å². The SMILES string of the molecule is CCCCCCC(CCCCC)(CCCCCC)OO.O=C(O)O.O=C(O)O. The summed E-state index contributed by atoms with van der Waals surface area (Å²) < 4.78 is 0. The van der Waals surface area contributed by atoms with Crippen molar-refractivity contribution in [3.8, 4) is 0 Å². The number of hydrogen-bond acceptors (Lipinski definition) is 4. The number of rotatable bonds is 15. The number of carboxylic acid groups (broad SMARTS) is 4. The Balaban J connectivity index is -0.000000656. The van der Waals surface area contributed by atoms with E-state index in [-0.39, 0.29) is 5.60 Å². The molecule has 170 valence electrons. The Bertz CT molecular complexity index is 315. The van der Waals surface area contributed by atoms with Crippen molar-refractivity contribution in [2.45, 2.75) is 116 Å². The van der Waals surface area contributed by atoms with E-state index in [9.17, 15) is 5.26 Å². The third kappa shape index (κ3) is 29.2. The molecule has 0 aromatic heterocycles. The van der Waals surface area contributed by atoms with Crippen LogP contribution in [0.4, 0.5) is 9.59 Å². The van der Waals surface area contributed by atoms with Gasteiger partial charge in [-0.15, -0.1) is 0 Å². The molecular formula is C20H42O8. The first kappa shape index (κ1) is 31.2. The molecule has 0 saturated heterocycles. The van der Waals surface area contributed by atoms with E-state index in [0.29, 0.717) is 0 Å². The van der Waals surface area contributed by atoms with Gasteiger partial charge in [0, 0.05) is 0 Å². The van der Waals surface area contributed by atoms with Gasteiger partial charge in [-0.2, -0.15) is 0 Å². The lowest BCUT2D eigenvalue weighted by molar-refractivity contribution is -0.330. The second-order valence-electron chi connectivity index (χ2n) is 6.92. The molecule has 0 unspecified atom stereocenters. The Morgan fingerprint density at radius 3 is 1.11 bits per heavy atom. The van der Waals surface area contributed by atoms with Gasteiger partial charge in [-0.05, 0) is 19.3 Å². The zero-order valence-corrected chi connectivity index (χ0v) is 17.9. The fraction of sp³-hybridized carbons (Fsp3) is 0.900. The molecule has 0 radical (unpaired) electrons. The van der Waals surface area contributed by atoms with Crippen molar-refractivity contribution in [2.24, 2.45) is 0 Å². The van der Waals surface area contributed by atoms with Gasteiger partial charge in [0.05, 0.1) is 0 Å². The predicted molar refractivity (Wildman–Crippen MR) is 109 cm³/mol. The summed E-state index contributed by atoms with van der Waals surface area (Å²) in [6.07, 6.45) is 13.1. The Morgan fingerprint density at radius 1 is 0.607 bits per heavy atom. The van der Waals surface area contributed by atoms with Crippen molar-refractivity contribution in [2.75, 3.05) is 0 Å². The van der Waals surface area contributed by atoms with Gasteiger partial charge < -0.3 is 20.4 Å². The van der Waals surface area contributed by atoms with Crippen LogP contribution in [0.5, 0.6) is 0 Å². The maximum atomic E-state index is 9.49. The number of carbonyl (C=O) groups is 2. The summed E-state index contributed by atoms with van der Waals surface area (Å²) in [5, 5.41) is 37.4. The summed E-state index contributed by atoms with van der Waals surface area (Å²) in [4.78, 5) is 22.2. The van der Waals surface area contributed by atoms with Gasteiger partial charge in [-0.25, -0.2) is 14.5 Å². The van der Waals surface area contributed by atoms with E-state index in [1.54, 1.807) is 0 Å². The van der Waals surface area contributed by atoms with Crippen LogP contribution in [0.2, 0.25) is 0 Å². The molecule has 0 saturated carbocycles. The second kappa shape index (κ2) is 23.5. The zero-order chi connectivity index (χ0) is 22.3. The minimum absolute atomic E-state index is 0.253. The lowest BCUT2D eigenvalue weighted by atomic mass is 9.85. The lowest BCUT2D eigenvalue weighted by Crippen LogP contribution is -2.31. The summed E-state index contributed by atoms with van der Waals surface area (Å²) in [7, 11) is 0. The van der Waals surface area contributed by atoms with Gasteiger partial charge in [-0.1, -0.05) is 91.4 Å².